The predicted molar refractivity (Wildman–Crippen MR) is 80.6 cm³/mol. The van der Waals surface area contributed by atoms with E-state index >= 15 is 0 Å². The molecule has 2 heterocycles. The molecule has 1 N–H and O–H groups in total. The molecule has 0 radical (unpaired) electrons. The van der Waals surface area contributed by atoms with Crippen LogP contribution in [0.4, 0.5) is 0 Å². The van der Waals surface area contributed by atoms with Crippen LogP contribution < -0.4 is 5.32 Å². The Morgan fingerprint density at radius 1 is 1.40 bits per heavy atom. The van der Waals surface area contributed by atoms with Crippen LogP contribution in [0, 0.1) is 0 Å². The first-order valence-electron chi connectivity index (χ1n) is 7.59. The van der Waals surface area contributed by atoms with E-state index in [1.807, 2.05) is 7.11 Å². The van der Waals surface area contributed by atoms with Gasteiger partial charge in [0.2, 0.25) is 0 Å². The first-order valence-corrected chi connectivity index (χ1v) is 7.59. The summed E-state index contributed by atoms with van der Waals surface area (Å²) in [4.78, 5) is 2.42. The fourth-order valence-electron chi connectivity index (χ4n) is 2.74. The van der Waals surface area contributed by atoms with Gasteiger partial charge in [-0.3, -0.25) is 4.90 Å². The van der Waals surface area contributed by atoms with Gasteiger partial charge >= 0.3 is 0 Å². The number of rotatable bonds is 6. The summed E-state index contributed by atoms with van der Waals surface area (Å²) in [5.74, 6) is 2.06. The molecule has 1 aromatic heterocycles. The zero-order chi connectivity index (χ0) is 14.6. The smallest absolute Gasteiger partial charge is 0.118 e. The molecule has 0 aliphatic carbocycles. The van der Waals surface area contributed by atoms with Gasteiger partial charge in [-0.1, -0.05) is 13.8 Å². The molecule has 1 atom stereocenters. The third-order valence-electron chi connectivity index (χ3n) is 4.01. The maximum Gasteiger partial charge on any atom is 0.118 e. The Kier molecular flexibility index (Phi) is 5.24. The highest BCUT2D eigenvalue weighted by Gasteiger charge is 2.30. The van der Waals surface area contributed by atoms with Crippen LogP contribution in [0.3, 0.4) is 0 Å². The first-order chi connectivity index (χ1) is 9.50. The number of likely N-dealkylation sites (tertiary alicyclic amines) is 1. The average molecular weight is 280 g/mol. The zero-order valence-corrected chi connectivity index (χ0v) is 13.2. The minimum atomic E-state index is -0.00707. The maximum absolute atomic E-state index is 5.89. The lowest BCUT2D eigenvalue weighted by atomic mass is 9.95. The Balaban J connectivity index is 1.87. The van der Waals surface area contributed by atoms with Gasteiger partial charge in [0.1, 0.15) is 11.5 Å². The third kappa shape index (κ3) is 4.33. The zero-order valence-electron chi connectivity index (χ0n) is 13.2. The minimum Gasteiger partial charge on any atom is -0.463 e. The molecule has 0 spiro atoms. The summed E-state index contributed by atoms with van der Waals surface area (Å²) in [5.41, 5.74) is -0.00707. The van der Waals surface area contributed by atoms with Crippen molar-refractivity contribution in [1.82, 2.24) is 10.2 Å². The van der Waals surface area contributed by atoms with Crippen LogP contribution in [0.15, 0.2) is 16.5 Å². The minimum absolute atomic E-state index is 0.00707. The number of ether oxygens (including phenoxy) is 1. The van der Waals surface area contributed by atoms with Crippen LogP contribution in [0.1, 0.15) is 45.1 Å². The van der Waals surface area contributed by atoms with Crippen molar-refractivity contribution in [2.75, 3.05) is 20.2 Å². The van der Waals surface area contributed by atoms with Crippen molar-refractivity contribution in [3.05, 3.63) is 23.7 Å². The lowest BCUT2D eigenvalue weighted by molar-refractivity contribution is -0.0539. The molecular formula is C16H28N2O2. The second-order valence-corrected chi connectivity index (χ2v) is 6.37. The Morgan fingerprint density at radius 2 is 2.15 bits per heavy atom. The predicted octanol–water partition coefficient (Wildman–Crippen LogP) is 2.78. The van der Waals surface area contributed by atoms with Crippen LogP contribution in [0.5, 0.6) is 0 Å². The number of methoxy groups -OCH3 is 1. The molecule has 0 aromatic carbocycles. The Labute approximate surface area is 122 Å². The topological polar surface area (TPSA) is 37.6 Å². The van der Waals surface area contributed by atoms with Crippen LogP contribution in [-0.4, -0.2) is 36.7 Å². The first kappa shape index (κ1) is 15.5. The highest BCUT2D eigenvalue weighted by atomic mass is 16.5. The summed E-state index contributed by atoms with van der Waals surface area (Å²) in [5, 5.41) is 3.37. The fraction of sp³-hybridized carbons (Fsp3) is 0.750. The summed E-state index contributed by atoms with van der Waals surface area (Å²) in [6, 6.07) is 4.65. The van der Waals surface area contributed by atoms with Gasteiger partial charge in [0.25, 0.3) is 0 Å². The highest BCUT2D eigenvalue weighted by Crippen LogP contribution is 2.25. The van der Waals surface area contributed by atoms with Gasteiger partial charge in [-0.15, -0.1) is 0 Å². The molecule has 1 aliphatic rings. The van der Waals surface area contributed by atoms with Crippen LogP contribution in [0.2, 0.25) is 0 Å². The van der Waals surface area contributed by atoms with E-state index < -0.39 is 0 Å². The number of hydrogen-bond donors (Lipinski definition) is 1. The lowest BCUT2D eigenvalue weighted by Gasteiger charge is -2.39. The van der Waals surface area contributed by atoms with E-state index in [0.29, 0.717) is 6.04 Å². The molecule has 2 rings (SSSR count). The Hall–Kier alpha value is -0.840. The van der Waals surface area contributed by atoms with Gasteiger partial charge in [0, 0.05) is 19.7 Å². The van der Waals surface area contributed by atoms with E-state index in [9.17, 15) is 0 Å². The Bertz CT molecular complexity index is 416. The van der Waals surface area contributed by atoms with Crippen molar-refractivity contribution in [1.29, 1.82) is 0 Å². The highest BCUT2D eigenvalue weighted by molar-refractivity contribution is 5.07. The summed E-state index contributed by atoms with van der Waals surface area (Å²) in [6.07, 6.45) is 2.33. The van der Waals surface area contributed by atoms with Gasteiger partial charge in [-0.05, 0) is 38.4 Å². The second-order valence-electron chi connectivity index (χ2n) is 6.37. The number of nitrogens with zero attached hydrogens (tertiary/aromatic N) is 1. The SMILES string of the molecule is COC1(C)CCCN(Cc2ccc(CNC(C)C)o2)C1. The molecule has 1 fully saturated rings. The molecule has 4 nitrogen and oxygen atoms in total. The summed E-state index contributed by atoms with van der Waals surface area (Å²) < 4.78 is 11.5. The van der Waals surface area contributed by atoms with E-state index in [1.54, 1.807) is 0 Å². The molecular weight excluding hydrogens is 252 g/mol. The lowest BCUT2D eigenvalue weighted by Crippen LogP contribution is -2.46. The molecule has 114 valence electrons. The van der Waals surface area contributed by atoms with E-state index in [2.05, 4.69) is 43.1 Å². The van der Waals surface area contributed by atoms with Crippen molar-refractivity contribution >= 4 is 0 Å². The standard InChI is InChI=1S/C16H28N2O2/c1-13(2)17-10-14-6-7-15(20-14)11-18-9-5-8-16(3,12-18)19-4/h6-7,13,17H,5,8-12H2,1-4H3. The van der Waals surface area contributed by atoms with Crippen molar-refractivity contribution < 1.29 is 9.15 Å². The Morgan fingerprint density at radius 3 is 2.85 bits per heavy atom. The summed E-state index contributed by atoms with van der Waals surface area (Å²) >= 11 is 0. The van der Waals surface area contributed by atoms with E-state index in [1.165, 1.54) is 6.42 Å². The largest absolute Gasteiger partial charge is 0.463 e. The van der Waals surface area contributed by atoms with Crippen LogP contribution in [0.25, 0.3) is 0 Å². The number of nitrogens with one attached hydrogen (secondary N) is 1. The molecule has 1 saturated heterocycles. The quantitative estimate of drug-likeness (QED) is 0.869. The van der Waals surface area contributed by atoms with Gasteiger partial charge in [0.15, 0.2) is 0 Å². The third-order valence-corrected chi connectivity index (χ3v) is 4.01. The van der Waals surface area contributed by atoms with E-state index in [4.69, 9.17) is 9.15 Å². The van der Waals surface area contributed by atoms with Gasteiger partial charge < -0.3 is 14.5 Å². The normalized spacial score (nSPS) is 24.4. The number of furan rings is 1. The van der Waals surface area contributed by atoms with Crippen LogP contribution >= 0.6 is 0 Å². The van der Waals surface area contributed by atoms with Gasteiger partial charge in [-0.25, -0.2) is 0 Å². The number of hydrogen-bond acceptors (Lipinski definition) is 4. The fourth-order valence-corrected chi connectivity index (χ4v) is 2.74. The number of piperidine rings is 1. The summed E-state index contributed by atoms with van der Waals surface area (Å²) in [7, 11) is 1.81. The van der Waals surface area contributed by atoms with Crippen molar-refractivity contribution in [3.63, 3.8) is 0 Å². The molecule has 4 heteroatoms. The van der Waals surface area contributed by atoms with Crippen molar-refractivity contribution in [2.45, 2.75) is 58.3 Å². The molecule has 0 bridgehead atoms. The maximum atomic E-state index is 5.89. The van der Waals surface area contributed by atoms with Crippen molar-refractivity contribution in [2.24, 2.45) is 0 Å². The molecule has 1 unspecified atom stereocenters. The molecule has 0 amide bonds. The van der Waals surface area contributed by atoms with Gasteiger partial charge in [-0.2, -0.15) is 0 Å². The van der Waals surface area contributed by atoms with Crippen molar-refractivity contribution in [3.8, 4) is 0 Å². The monoisotopic (exact) mass is 280 g/mol. The summed E-state index contributed by atoms with van der Waals surface area (Å²) in [6.45, 7) is 10.3. The molecule has 1 aromatic rings. The van der Waals surface area contributed by atoms with E-state index in [0.717, 1.165) is 44.1 Å². The molecule has 20 heavy (non-hydrogen) atoms. The van der Waals surface area contributed by atoms with Gasteiger partial charge in [0.05, 0.1) is 18.7 Å². The molecule has 1 aliphatic heterocycles. The molecule has 0 saturated carbocycles. The van der Waals surface area contributed by atoms with Crippen LogP contribution in [-0.2, 0) is 17.8 Å². The van der Waals surface area contributed by atoms with E-state index in [-0.39, 0.29) is 5.60 Å². The average Bonchev–Trinajstić information content (AvgIpc) is 2.84. The second kappa shape index (κ2) is 6.74.